The summed E-state index contributed by atoms with van der Waals surface area (Å²) in [6, 6.07) is 5.02. The SMILES string of the molecule is CCC(C)(CC)NCC(O)COc1cc(Cl)ccc1Cl. The molecular formula is C15H23Cl2NO2. The molecule has 0 fully saturated rings. The Morgan fingerprint density at radius 2 is 1.95 bits per heavy atom. The molecule has 1 rings (SSSR count). The van der Waals surface area contributed by atoms with Crippen LogP contribution in [0.2, 0.25) is 10.0 Å². The van der Waals surface area contributed by atoms with Gasteiger partial charge in [-0.25, -0.2) is 0 Å². The van der Waals surface area contributed by atoms with E-state index < -0.39 is 6.10 Å². The van der Waals surface area contributed by atoms with Gasteiger partial charge in [0.15, 0.2) is 0 Å². The predicted molar refractivity (Wildman–Crippen MR) is 85.0 cm³/mol. The van der Waals surface area contributed by atoms with Crippen LogP contribution in [0.25, 0.3) is 0 Å². The normalized spacial score (nSPS) is 13.3. The van der Waals surface area contributed by atoms with E-state index in [4.69, 9.17) is 27.9 Å². The number of halogens is 2. The van der Waals surface area contributed by atoms with Crippen molar-refractivity contribution in [3.05, 3.63) is 28.2 Å². The van der Waals surface area contributed by atoms with Gasteiger partial charge in [0.25, 0.3) is 0 Å². The Hall–Kier alpha value is -0.480. The van der Waals surface area contributed by atoms with Crippen LogP contribution in [0.1, 0.15) is 33.6 Å². The van der Waals surface area contributed by atoms with E-state index in [9.17, 15) is 5.11 Å². The summed E-state index contributed by atoms with van der Waals surface area (Å²) in [5, 5.41) is 14.4. The summed E-state index contributed by atoms with van der Waals surface area (Å²) in [4.78, 5) is 0. The van der Waals surface area contributed by atoms with Crippen molar-refractivity contribution < 1.29 is 9.84 Å². The molecule has 0 aliphatic heterocycles. The Bertz CT molecular complexity index is 422. The van der Waals surface area contributed by atoms with Gasteiger partial charge in [-0.15, -0.1) is 0 Å². The standard InChI is InChI=1S/C15H23Cl2NO2/c1-4-15(3,5-2)18-9-12(19)10-20-14-8-11(16)6-7-13(14)17/h6-8,12,18-19H,4-5,9-10H2,1-3H3. The van der Waals surface area contributed by atoms with Gasteiger partial charge in [0, 0.05) is 23.2 Å². The fraction of sp³-hybridized carbons (Fsp3) is 0.600. The summed E-state index contributed by atoms with van der Waals surface area (Å²) in [6.45, 7) is 7.07. The van der Waals surface area contributed by atoms with Crippen molar-refractivity contribution >= 4 is 23.2 Å². The zero-order valence-corrected chi connectivity index (χ0v) is 13.8. The Labute approximate surface area is 131 Å². The molecule has 0 saturated carbocycles. The lowest BCUT2D eigenvalue weighted by atomic mass is 9.95. The Morgan fingerprint density at radius 1 is 1.30 bits per heavy atom. The largest absolute Gasteiger partial charge is 0.489 e. The number of benzene rings is 1. The topological polar surface area (TPSA) is 41.5 Å². The predicted octanol–water partition coefficient (Wildman–Crippen LogP) is 3.90. The number of ether oxygens (including phenoxy) is 1. The van der Waals surface area contributed by atoms with Gasteiger partial charge in [-0.3, -0.25) is 0 Å². The molecule has 114 valence electrons. The third-order valence-corrected chi connectivity index (χ3v) is 4.20. The zero-order valence-electron chi connectivity index (χ0n) is 12.2. The number of hydrogen-bond donors (Lipinski definition) is 2. The maximum atomic E-state index is 9.96. The maximum Gasteiger partial charge on any atom is 0.139 e. The summed E-state index contributed by atoms with van der Waals surface area (Å²) in [5.74, 6) is 0.493. The molecule has 0 aliphatic carbocycles. The number of nitrogens with one attached hydrogen (secondary N) is 1. The lowest BCUT2D eigenvalue weighted by molar-refractivity contribution is 0.0967. The fourth-order valence-corrected chi connectivity index (χ4v) is 2.03. The number of hydrogen-bond acceptors (Lipinski definition) is 3. The van der Waals surface area contributed by atoms with Crippen LogP contribution in [0.4, 0.5) is 0 Å². The van der Waals surface area contributed by atoms with Crippen LogP contribution in [-0.2, 0) is 0 Å². The highest BCUT2D eigenvalue weighted by Gasteiger charge is 2.20. The quantitative estimate of drug-likeness (QED) is 0.763. The number of β-amino-alcohol motifs (C(OH)–C–C–N with tert-alkyl or cyclic N) is 1. The van der Waals surface area contributed by atoms with Crippen LogP contribution >= 0.6 is 23.2 Å². The van der Waals surface area contributed by atoms with Crippen molar-refractivity contribution in [2.75, 3.05) is 13.2 Å². The van der Waals surface area contributed by atoms with Gasteiger partial charge >= 0.3 is 0 Å². The molecule has 1 aromatic rings. The van der Waals surface area contributed by atoms with Gasteiger partial charge in [-0.1, -0.05) is 37.0 Å². The third kappa shape index (κ3) is 5.49. The second-order valence-corrected chi connectivity index (χ2v) is 6.03. The molecule has 3 nitrogen and oxygen atoms in total. The van der Waals surface area contributed by atoms with Crippen LogP contribution in [0.15, 0.2) is 18.2 Å². The minimum atomic E-state index is -0.595. The van der Waals surface area contributed by atoms with E-state index in [0.717, 1.165) is 12.8 Å². The third-order valence-electron chi connectivity index (χ3n) is 3.65. The minimum absolute atomic E-state index is 0.0503. The minimum Gasteiger partial charge on any atom is -0.489 e. The van der Waals surface area contributed by atoms with Gasteiger partial charge in [-0.2, -0.15) is 0 Å². The molecule has 0 aliphatic rings. The molecule has 0 radical (unpaired) electrons. The first-order chi connectivity index (χ1) is 9.40. The molecule has 2 N–H and O–H groups in total. The molecule has 0 saturated heterocycles. The molecule has 5 heteroatoms. The van der Waals surface area contributed by atoms with Crippen molar-refractivity contribution in [2.24, 2.45) is 0 Å². The number of aliphatic hydroxyl groups is 1. The Balaban J connectivity index is 2.43. The van der Waals surface area contributed by atoms with Crippen molar-refractivity contribution in [2.45, 2.75) is 45.3 Å². The van der Waals surface area contributed by atoms with Crippen molar-refractivity contribution in [1.82, 2.24) is 5.32 Å². The van der Waals surface area contributed by atoms with Crippen LogP contribution in [0.3, 0.4) is 0 Å². The highest BCUT2D eigenvalue weighted by molar-refractivity contribution is 6.34. The summed E-state index contributed by atoms with van der Waals surface area (Å²) in [5.41, 5.74) is 0.0503. The maximum absolute atomic E-state index is 9.96. The molecule has 0 amide bonds. The van der Waals surface area contributed by atoms with Crippen LogP contribution in [0.5, 0.6) is 5.75 Å². The lowest BCUT2D eigenvalue weighted by Gasteiger charge is -2.29. The monoisotopic (exact) mass is 319 g/mol. The summed E-state index contributed by atoms with van der Waals surface area (Å²) >= 11 is 11.9. The van der Waals surface area contributed by atoms with Crippen LogP contribution in [0, 0.1) is 0 Å². The average Bonchev–Trinajstić information content (AvgIpc) is 2.45. The van der Waals surface area contributed by atoms with Gasteiger partial charge in [0.2, 0.25) is 0 Å². The smallest absolute Gasteiger partial charge is 0.139 e. The van der Waals surface area contributed by atoms with Gasteiger partial charge in [0.05, 0.1) is 5.02 Å². The highest BCUT2D eigenvalue weighted by atomic mass is 35.5. The molecular weight excluding hydrogens is 297 g/mol. The molecule has 1 atom stereocenters. The molecule has 1 unspecified atom stereocenters. The molecule has 1 aromatic carbocycles. The second-order valence-electron chi connectivity index (χ2n) is 5.19. The molecule has 0 spiro atoms. The molecule has 20 heavy (non-hydrogen) atoms. The first-order valence-corrected chi connectivity index (χ1v) is 7.66. The van der Waals surface area contributed by atoms with E-state index in [-0.39, 0.29) is 12.1 Å². The Kier molecular flexibility index (Phi) is 7.10. The van der Waals surface area contributed by atoms with Crippen LogP contribution in [-0.4, -0.2) is 29.9 Å². The zero-order chi connectivity index (χ0) is 15.2. The van der Waals surface area contributed by atoms with E-state index in [1.165, 1.54) is 0 Å². The first kappa shape index (κ1) is 17.6. The summed E-state index contributed by atoms with van der Waals surface area (Å²) < 4.78 is 5.51. The van der Waals surface area contributed by atoms with Crippen molar-refractivity contribution in [1.29, 1.82) is 0 Å². The summed E-state index contributed by atoms with van der Waals surface area (Å²) in [7, 11) is 0. The van der Waals surface area contributed by atoms with E-state index in [1.54, 1.807) is 18.2 Å². The van der Waals surface area contributed by atoms with E-state index in [1.807, 2.05) is 0 Å². The van der Waals surface area contributed by atoms with Gasteiger partial charge in [-0.05, 0) is 31.9 Å². The molecule has 0 bridgehead atoms. The first-order valence-electron chi connectivity index (χ1n) is 6.91. The summed E-state index contributed by atoms with van der Waals surface area (Å²) in [6.07, 6.45) is 1.43. The van der Waals surface area contributed by atoms with Crippen molar-refractivity contribution in [3.63, 3.8) is 0 Å². The molecule has 0 aromatic heterocycles. The Morgan fingerprint density at radius 3 is 2.55 bits per heavy atom. The van der Waals surface area contributed by atoms with Crippen LogP contribution < -0.4 is 10.1 Å². The molecule has 0 heterocycles. The van der Waals surface area contributed by atoms with Gasteiger partial charge in [0.1, 0.15) is 18.5 Å². The second kappa shape index (κ2) is 8.08. The van der Waals surface area contributed by atoms with E-state index in [2.05, 4.69) is 26.1 Å². The van der Waals surface area contributed by atoms with Gasteiger partial charge < -0.3 is 15.2 Å². The fourth-order valence-electron chi connectivity index (χ4n) is 1.70. The number of aliphatic hydroxyl groups excluding tert-OH is 1. The van der Waals surface area contributed by atoms with E-state index >= 15 is 0 Å². The lowest BCUT2D eigenvalue weighted by Crippen LogP contribution is -2.46. The van der Waals surface area contributed by atoms with Crippen molar-refractivity contribution in [3.8, 4) is 5.75 Å². The van der Waals surface area contributed by atoms with E-state index in [0.29, 0.717) is 22.3 Å². The average molecular weight is 320 g/mol. The number of rotatable bonds is 8. The highest BCUT2D eigenvalue weighted by Crippen LogP contribution is 2.27.